The van der Waals surface area contributed by atoms with Gasteiger partial charge in [-0.15, -0.1) is 11.3 Å². The fourth-order valence-electron chi connectivity index (χ4n) is 3.44. The van der Waals surface area contributed by atoms with Crippen LogP contribution in [0.15, 0.2) is 6.20 Å². The van der Waals surface area contributed by atoms with E-state index in [2.05, 4.69) is 6.20 Å². The molecule has 122 valence electrons. The number of aromatic nitrogens is 2. The highest BCUT2D eigenvalue weighted by atomic mass is 32.1. The van der Waals surface area contributed by atoms with E-state index in [-0.39, 0.29) is 6.23 Å². The number of thiophene rings is 1. The smallest absolute Gasteiger partial charge is 0.260 e. The summed E-state index contributed by atoms with van der Waals surface area (Å²) in [6.45, 7) is 0.790. The monoisotopic (exact) mass is 332 g/mol. The minimum atomic E-state index is -0.454. The van der Waals surface area contributed by atoms with E-state index < -0.39 is 5.91 Å². The molecule has 6 nitrogen and oxygen atoms in total. The van der Waals surface area contributed by atoms with Gasteiger partial charge in [0.1, 0.15) is 11.1 Å². The highest BCUT2D eigenvalue weighted by Crippen LogP contribution is 2.43. The van der Waals surface area contributed by atoms with Crippen molar-refractivity contribution < 1.29 is 9.53 Å². The van der Waals surface area contributed by atoms with Gasteiger partial charge in [0.15, 0.2) is 0 Å². The number of aryl methyl sites for hydroxylation is 1. The number of carbonyl (C=O) groups is 1. The van der Waals surface area contributed by atoms with E-state index in [9.17, 15) is 4.79 Å². The van der Waals surface area contributed by atoms with Gasteiger partial charge >= 0.3 is 0 Å². The van der Waals surface area contributed by atoms with E-state index in [0.717, 1.165) is 66.8 Å². The SMILES string of the molecule is NC(=O)c1sc2c(c1N)CCCc1nn(C3CCCCO3)cc1-2. The molecule has 2 aromatic rings. The van der Waals surface area contributed by atoms with Crippen LogP contribution >= 0.6 is 11.3 Å². The Balaban J connectivity index is 1.79. The topological polar surface area (TPSA) is 96.2 Å². The first-order chi connectivity index (χ1) is 11.1. The number of ether oxygens (including phenoxy) is 1. The molecule has 1 aliphatic heterocycles. The summed E-state index contributed by atoms with van der Waals surface area (Å²) in [5, 5.41) is 4.76. The summed E-state index contributed by atoms with van der Waals surface area (Å²) in [5.74, 6) is -0.454. The first-order valence-corrected chi connectivity index (χ1v) is 8.87. The fourth-order valence-corrected chi connectivity index (χ4v) is 4.60. The summed E-state index contributed by atoms with van der Waals surface area (Å²) in [5.41, 5.74) is 15.4. The van der Waals surface area contributed by atoms with E-state index in [1.165, 1.54) is 11.3 Å². The van der Waals surface area contributed by atoms with Crippen LogP contribution in [0.2, 0.25) is 0 Å². The average molecular weight is 332 g/mol. The van der Waals surface area contributed by atoms with Gasteiger partial charge in [0.05, 0.1) is 11.4 Å². The van der Waals surface area contributed by atoms with Crippen molar-refractivity contribution in [2.75, 3.05) is 12.3 Å². The Morgan fingerprint density at radius 2 is 2.22 bits per heavy atom. The van der Waals surface area contributed by atoms with Crippen LogP contribution < -0.4 is 11.5 Å². The second kappa shape index (κ2) is 5.65. The Morgan fingerprint density at radius 1 is 1.35 bits per heavy atom. The molecule has 1 saturated heterocycles. The van der Waals surface area contributed by atoms with Gasteiger partial charge in [0.25, 0.3) is 5.91 Å². The number of hydrogen-bond acceptors (Lipinski definition) is 5. The largest absolute Gasteiger partial charge is 0.397 e. The zero-order valence-corrected chi connectivity index (χ0v) is 13.7. The maximum atomic E-state index is 11.6. The lowest BCUT2D eigenvalue weighted by molar-refractivity contribution is -0.0396. The van der Waals surface area contributed by atoms with Crippen LogP contribution in [0, 0.1) is 0 Å². The van der Waals surface area contributed by atoms with Crippen molar-refractivity contribution in [3.8, 4) is 10.4 Å². The molecule has 4 rings (SSSR count). The standard InChI is InChI=1S/C16H20N4O2S/c17-13-9-4-3-5-11-10(14(9)23-15(13)16(18)21)8-20(19-11)12-6-1-2-7-22-12/h8,12H,1-7,17H2,(H2,18,21). The number of fused-ring (bicyclic) bond motifs is 3. The van der Waals surface area contributed by atoms with Gasteiger partial charge in [0.2, 0.25) is 0 Å². The lowest BCUT2D eigenvalue weighted by Crippen LogP contribution is -2.18. The van der Waals surface area contributed by atoms with Crippen LogP contribution in [-0.2, 0) is 17.6 Å². The minimum Gasteiger partial charge on any atom is -0.397 e. The molecule has 3 heterocycles. The number of anilines is 1. The highest BCUT2D eigenvalue weighted by molar-refractivity contribution is 7.18. The van der Waals surface area contributed by atoms with Crippen molar-refractivity contribution in [3.05, 3.63) is 22.3 Å². The molecule has 1 amide bonds. The predicted octanol–water partition coefficient (Wildman–Crippen LogP) is 2.48. The highest BCUT2D eigenvalue weighted by Gasteiger charge is 2.27. The number of nitrogens with zero attached hydrogens (tertiary/aromatic N) is 2. The van der Waals surface area contributed by atoms with Gasteiger partial charge in [-0.05, 0) is 44.1 Å². The third-order valence-corrected chi connectivity index (χ3v) is 5.91. The van der Waals surface area contributed by atoms with Gasteiger partial charge < -0.3 is 16.2 Å². The molecule has 2 aliphatic rings. The molecule has 0 spiro atoms. The first kappa shape index (κ1) is 14.7. The Bertz CT molecular complexity index is 758. The Hall–Kier alpha value is -1.86. The van der Waals surface area contributed by atoms with Crippen molar-refractivity contribution in [1.29, 1.82) is 0 Å². The Morgan fingerprint density at radius 3 is 2.96 bits per heavy atom. The zero-order valence-electron chi connectivity index (χ0n) is 12.9. The van der Waals surface area contributed by atoms with Crippen LogP contribution in [0.5, 0.6) is 0 Å². The van der Waals surface area contributed by atoms with E-state index in [1.807, 2.05) is 4.68 Å². The van der Waals surface area contributed by atoms with Crippen LogP contribution in [0.25, 0.3) is 10.4 Å². The molecular formula is C16H20N4O2S. The third kappa shape index (κ3) is 2.44. The Kier molecular flexibility index (Phi) is 3.61. The molecule has 7 heteroatoms. The molecule has 1 unspecified atom stereocenters. The van der Waals surface area contributed by atoms with E-state index in [0.29, 0.717) is 10.6 Å². The second-order valence-corrected chi connectivity index (χ2v) is 7.18. The summed E-state index contributed by atoms with van der Waals surface area (Å²) < 4.78 is 7.78. The molecule has 23 heavy (non-hydrogen) atoms. The number of nitrogens with two attached hydrogens (primary N) is 2. The number of primary amides is 1. The average Bonchev–Trinajstić information content (AvgIpc) is 3.06. The third-order valence-electron chi connectivity index (χ3n) is 4.62. The molecule has 2 aromatic heterocycles. The summed E-state index contributed by atoms with van der Waals surface area (Å²) in [6.07, 6.45) is 8.10. The maximum absolute atomic E-state index is 11.6. The summed E-state index contributed by atoms with van der Waals surface area (Å²) in [4.78, 5) is 13.1. The number of amides is 1. The number of carbonyl (C=O) groups excluding carboxylic acids is 1. The molecule has 1 atom stereocenters. The first-order valence-electron chi connectivity index (χ1n) is 8.06. The second-order valence-electron chi connectivity index (χ2n) is 6.16. The minimum absolute atomic E-state index is 0.0204. The van der Waals surface area contributed by atoms with Crippen molar-refractivity contribution in [3.63, 3.8) is 0 Å². The van der Waals surface area contributed by atoms with E-state index in [4.69, 9.17) is 21.3 Å². The molecule has 0 radical (unpaired) electrons. The number of hydrogen-bond donors (Lipinski definition) is 2. The molecule has 0 aromatic carbocycles. The van der Waals surface area contributed by atoms with Crippen molar-refractivity contribution in [1.82, 2.24) is 9.78 Å². The lowest BCUT2D eigenvalue weighted by atomic mass is 10.1. The number of nitrogen functional groups attached to an aromatic ring is 1. The molecule has 0 saturated carbocycles. The van der Waals surface area contributed by atoms with Gasteiger partial charge in [-0.1, -0.05) is 0 Å². The molecule has 4 N–H and O–H groups in total. The Labute approximate surface area is 138 Å². The lowest BCUT2D eigenvalue weighted by Gasteiger charge is -2.22. The summed E-state index contributed by atoms with van der Waals surface area (Å²) in [7, 11) is 0. The molecule has 1 aliphatic carbocycles. The van der Waals surface area contributed by atoms with Gasteiger partial charge in [0, 0.05) is 23.2 Å². The van der Waals surface area contributed by atoms with E-state index in [1.54, 1.807) is 0 Å². The van der Waals surface area contributed by atoms with Crippen molar-refractivity contribution >= 4 is 22.9 Å². The van der Waals surface area contributed by atoms with Crippen molar-refractivity contribution in [2.24, 2.45) is 5.73 Å². The van der Waals surface area contributed by atoms with E-state index >= 15 is 0 Å². The van der Waals surface area contributed by atoms with Crippen LogP contribution in [0.1, 0.15) is 52.8 Å². The zero-order chi connectivity index (χ0) is 16.0. The predicted molar refractivity (Wildman–Crippen MR) is 89.3 cm³/mol. The molecule has 1 fully saturated rings. The quantitative estimate of drug-likeness (QED) is 0.883. The summed E-state index contributed by atoms with van der Waals surface area (Å²) >= 11 is 1.39. The van der Waals surface area contributed by atoms with Gasteiger partial charge in [-0.3, -0.25) is 4.79 Å². The fraction of sp³-hybridized carbons (Fsp3) is 0.500. The molecule has 0 bridgehead atoms. The van der Waals surface area contributed by atoms with Crippen molar-refractivity contribution in [2.45, 2.75) is 44.8 Å². The normalized spacial score (nSPS) is 20.6. The molecular weight excluding hydrogens is 312 g/mol. The van der Waals surface area contributed by atoms with Crippen LogP contribution in [-0.4, -0.2) is 22.3 Å². The van der Waals surface area contributed by atoms with Gasteiger partial charge in [-0.2, -0.15) is 5.10 Å². The summed E-state index contributed by atoms with van der Waals surface area (Å²) in [6, 6.07) is 0. The van der Waals surface area contributed by atoms with Crippen LogP contribution in [0.4, 0.5) is 5.69 Å². The number of rotatable bonds is 2. The van der Waals surface area contributed by atoms with Gasteiger partial charge in [-0.25, -0.2) is 4.68 Å². The maximum Gasteiger partial charge on any atom is 0.260 e. The van der Waals surface area contributed by atoms with Crippen LogP contribution in [0.3, 0.4) is 0 Å².